The predicted octanol–water partition coefficient (Wildman–Crippen LogP) is 2.75. The number of esters is 9. The first-order valence-electron chi connectivity index (χ1n) is 34.1. The lowest BCUT2D eigenvalue weighted by atomic mass is 9.92. The van der Waals surface area contributed by atoms with Gasteiger partial charge in [0.05, 0.1) is 44.5 Å². The molecule has 4 heterocycles. The lowest BCUT2D eigenvalue weighted by Gasteiger charge is -2.43. The van der Waals surface area contributed by atoms with Crippen LogP contribution < -0.4 is 4.74 Å². The number of carbonyl (C=O) groups is 9. The van der Waals surface area contributed by atoms with Gasteiger partial charge in [-0.15, -0.1) is 0 Å². The molecule has 48 nitrogen and oxygen atoms in total. The standard InChI is InChI=1S/C75H54O48/c76-25-1-16(2-26(77)44(25)88)65(102)119-61-59-38(14-112-69(106)20-9-32(83)48(92)53(97)40(20)42-22(71(108)117-59)11-34(85)50(94)55(42)99)115-74(111)63(61)121-73(110)24-13-36(87)52(96)57(101)58(24)114-37-8-19(7-31(82)47(37)91)68(105)123-75-64(122-67(104)18-5-29(80)46(90)30(81)6-18)62(120-66(103)17-3-27(78)45(89)28(79)4-17)60-39(116-75)15-113-70(107)21-10-33(84)49(93)54(98)41(21)43-23(72(109)118-60)12-35(86)51(95)56(43)100/h1-13,38-39,59-64,74-101,111H,14-15H2/t38-,39-,59-,60-,61+,62+,63-,64-,74?,75+/m1/s1. The number of aliphatic hydroxyl groups excluding tert-OH is 1. The molecule has 9 aromatic carbocycles. The van der Waals surface area contributed by atoms with E-state index >= 15 is 4.79 Å². The normalized spacial score (nSPS) is 19.8. The maximum absolute atomic E-state index is 15.0. The van der Waals surface area contributed by atoms with E-state index in [0.29, 0.717) is 54.6 Å². The highest BCUT2D eigenvalue weighted by Gasteiger charge is 2.57. The van der Waals surface area contributed by atoms with E-state index in [2.05, 4.69) is 0 Å². The second kappa shape index (κ2) is 31.3. The third kappa shape index (κ3) is 14.8. The maximum atomic E-state index is 15.0. The third-order valence-corrected chi connectivity index (χ3v) is 18.9. The van der Waals surface area contributed by atoms with E-state index in [-0.39, 0.29) is 24.3 Å². The molecule has 2 saturated heterocycles. The molecule has 4 aliphatic rings. The van der Waals surface area contributed by atoms with Crippen LogP contribution >= 0.6 is 0 Å². The van der Waals surface area contributed by atoms with Crippen molar-refractivity contribution in [3.63, 3.8) is 0 Å². The van der Waals surface area contributed by atoms with E-state index < -0.39 is 362 Å². The van der Waals surface area contributed by atoms with Crippen molar-refractivity contribution in [2.24, 2.45) is 0 Å². The molecule has 10 atom stereocenters. The number of phenols is 26. The largest absolute Gasteiger partial charge is 0.504 e. The van der Waals surface area contributed by atoms with Gasteiger partial charge in [-0.3, -0.25) is 0 Å². The molecule has 1 unspecified atom stereocenters. The SMILES string of the molecule is O=C(O[C@@H]1O[C@@H]2COC(=O)c3cc(O)c(O)c(O)c3-c3c(cc(O)c(O)c3O)C(=O)O[C@H]2[C@H](OC(=O)c2cc(O)c(O)c(O)c2)[C@H]1OC(=O)c1cc(O)c(O)c(O)c1)c1cc(O)c(O)c(Oc2c(C(=O)O[C@H]3C(O)O[C@@H]4COC(=O)c5cc(O)c(O)c(O)c5-c5c(cc(O)c(O)c5O)C(=O)O[C@H]4[C@@H]3OC(=O)c3cc(O)c(O)c(O)c3)cc(O)c(O)c2O)c1. The van der Waals surface area contributed by atoms with Gasteiger partial charge in [-0.05, 0) is 72.8 Å². The molecule has 48 heteroatoms. The first kappa shape index (κ1) is 83.6. The number of hydrogen-bond donors (Lipinski definition) is 27. The highest BCUT2D eigenvalue weighted by atomic mass is 16.8. The fourth-order valence-corrected chi connectivity index (χ4v) is 12.9. The van der Waals surface area contributed by atoms with Crippen molar-refractivity contribution < 1.29 is 238 Å². The Morgan fingerprint density at radius 2 is 0.569 bits per heavy atom. The van der Waals surface area contributed by atoms with Gasteiger partial charge in [0, 0.05) is 28.3 Å². The van der Waals surface area contributed by atoms with Crippen molar-refractivity contribution >= 4 is 53.7 Å². The highest BCUT2D eigenvalue weighted by Crippen LogP contribution is 2.57. The van der Waals surface area contributed by atoms with Crippen LogP contribution in [0.25, 0.3) is 22.3 Å². The summed E-state index contributed by atoms with van der Waals surface area (Å²) in [5.41, 5.74) is -15.3. The van der Waals surface area contributed by atoms with Crippen molar-refractivity contribution in [1.82, 2.24) is 0 Å². The molecule has 4 aliphatic heterocycles. The molecule has 123 heavy (non-hydrogen) atoms. The Balaban J connectivity index is 0.896. The van der Waals surface area contributed by atoms with Crippen molar-refractivity contribution in [3.8, 4) is 183 Å². The first-order valence-corrected chi connectivity index (χ1v) is 34.1. The molecule has 13 rings (SSSR count). The van der Waals surface area contributed by atoms with Gasteiger partial charge in [0.25, 0.3) is 0 Å². The van der Waals surface area contributed by atoms with Crippen molar-refractivity contribution in [2.45, 2.75) is 61.4 Å². The van der Waals surface area contributed by atoms with Crippen LogP contribution in [0, 0.1) is 0 Å². The Kier molecular flexibility index (Phi) is 21.3. The lowest BCUT2D eigenvalue weighted by Crippen LogP contribution is -2.63. The van der Waals surface area contributed by atoms with Crippen LogP contribution in [-0.2, 0) is 52.1 Å². The lowest BCUT2D eigenvalue weighted by molar-refractivity contribution is -0.284. The number of rotatable bonds is 12. The Bertz CT molecular complexity index is 6000. The molecule has 2 fully saturated rings. The molecular formula is C75H54O48. The predicted molar refractivity (Wildman–Crippen MR) is 380 cm³/mol. The van der Waals surface area contributed by atoms with Crippen LogP contribution in [-0.4, -0.2) is 266 Å². The van der Waals surface area contributed by atoms with Gasteiger partial charge < -0.3 is 195 Å². The molecule has 0 aromatic heterocycles. The van der Waals surface area contributed by atoms with Gasteiger partial charge in [0.1, 0.15) is 31.0 Å². The zero-order valence-electron chi connectivity index (χ0n) is 60.3. The summed E-state index contributed by atoms with van der Waals surface area (Å²) < 4.78 is 67.6. The van der Waals surface area contributed by atoms with Crippen molar-refractivity contribution in [1.29, 1.82) is 0 Å². The summed E-state index contributed by atoms with van der Waals surface area (Å²) in [5, 5.41) is 292. The number of cyclic esters (lactones) is 2. The second-order valence-corrected chi connectivity index (χ2v) is 26.5. The van der Waals surface area contributed by atoms with Gasteiger partial charge in [-0.1, -0.05) is 0 Å². The maximum Gasteiger partial charge on any atom is 0.342 e. The summed E-state index contributed by atoms with van der Waals surface area (Å²) >= 11 is 0. The molecule has 642 valence electrons. The Labute approximate surface area is 676 Å². The van der Waals surface area contributed by atoms with Gasteiger partial charge >= 0.3 is 53.7 Å². The smallest absolute Gasteiger partial charge is 0.342 e. The van der Waals surface area contributed by atoms with Crippen LogP contribution in [0.5, 0.6) is 161 Å². The fraction of sp³-hybridized carbons (Fsp3) is 0.160. The molecule has 0 aliphatic carbocycles. The Morgan fingerprint density at radius 1 is 0.285 bits per heavy atom. The zero-order chi connectivity index (χ0) is 89.7. The zero-order valence-corrected chi connectivity index (χ0v) is 60.3. The first-order chi connectivity index (χ1) is 57.9. The van der Waals surface area contributed by atoms with E-state index in [0.717, 1.165) is 0 Å². The number of fused-ring (bicyclic) bond motifs is 8. The monoisotopic (exact) mass is 1720 g/mol. The Morgan fingerprint density at radius 3 is 0.943 bits per heavy atom. The van der Waals surface area contributed by atoms with E-state index in [1.165, 1.54) is 0 Å². The van der Waals surface area contributed by atoms with Gasteiger partial charge in [0.2, 0.25) is 52.6 Å². The molecule has 27 N–H and O–H groups in total. The third-order valence-electron chi connectivity index (χ3n) is 18.9. The molecule has 9 aromatic rings. The van der Waals surface area contributed by atoms with Gasteiger partial charge in [0.15, 0.2) is 158 Å². The number of ether oxygens (including phenoxy) is 12. The Hall–Kier alpha value is -17.3. The van der Waals surface area contributed by atoms with Crippen molar-refractivity contribution in [3.05, 3.63) is 129 Å². The number of carbonyl (C=O) groups excluding carboxylic acids is 9. The van der Waals surface area contributed by atoms with E-state index in [1.807, 2.05) is 0 Å². The molecule has 0 radical (unpaired) electrons. The number of benzene rings is 9. The summed E-state index contributed by atoms with van der Waals surface area (Å²) in [7, 11) is 0. The van der Waals surface area contributed by atoms with Gasteiger partial charge in [-0.25, -0.2) is 43.2 Å². The van der Waals surface area contributed by atoms with Crippen LogP contribution in [0.1, 0.15) is 93.2 Å². The van der Waals surface area contributed by atoms with E-state index in [1.54, 1.807) is 0 Å². The molecule has 0 bridgehead atoms. The van der Waals surface area contributed by atoms with Crippen LogP contribution in [0.15, 0.2) is 78.9 Å². The summed E-state index contributed by atoms with van der Waals surface area (Å²) in [6, 6.07) is 4.53. The van der Waals surface area contributed by atoms with Crippen LogP contribution in [0.2, 0.25) is 0 Å². The number of aromatic hydroxyl groups is 26. The van der Waals surface area contributed by atoms with Crippen molar-refractivity contribution in [2.75, 3.05) is 13.2 Å². The quantitative estimate of drug-likeness (QED) is 0.0475. The number of hydrogen-bond acceptors (Lipinski definition) is 48. The summed E-state index contributed by atoms with van der Waals surface area (Å²) in [6.45, 7) is -2.90. The molecule has 0 spiro atoms. The number of aliphatic hydroxyl groups is 1. The average molecular weight is 1720 g/mol. The molecule has 0 amide bonds. The fourth-order valence-electron chi connectivity index (χ4n) is 12.9. The summed E-state index contributed by atoms with van der Waals surface area (Å²) in [4.78, 5) is 131. The van der Waals surface area contributed by atoms with Crippen LogP contribution in [0.4, 0.5) is 0 Å². The average Bonchev–Trinajstić information content (AvgIpc) is 1.73. The summed E-state index contributed by atoms with van der Waals surface area (Å²) in [6.07, 6.45) is -27.4. The minimum atomic E-state index is -2.96. The van der Waals surface area contributed by atoms with E-state index in [9.17, 15) is 176 Å². The molecular weight excluding hydrogens is 1670 g/mol. The highest BCUT2D eigenvalue weighted by molar-refractivity contribution is 6.10. The minimum Gasteiger partial charge on any atom is -0.504 e. The molecule has 0 saturated carbocycles. The number of phenolic OH excluding ortho intramolecular Hbond substituents is 26. The summed E-state index contributed by atoms with van der Waals surface area (Å²) in [5.74, 6) is -57.5. The minimum absolute atomic E-state index is 0.153. The van der Waals surface area contributed by atoms with Gasteiger partial charge in [-0.2, -0.15) is 0 Å². The van der Waals surface area contributed by atoms with Crippen LogP contribution in [0.3, 0.4) is 0 Å². The second-order valence-electron chi connectivity index (χ2n) is 26.5. The van der Waals surface area contributed by atoms with E-state index in [4.69, 9.17) is 56.8 Å². The topological polar surface area (TPSA) is 811 Å².